The van der Waals surface area contributed by atoms with Gasteiger partial charge in [-0.15, -0.1) is 0 Å². The summed E-state index contributed by atoms with van der Waals surface area (Å²) in [6.45, 7) is 1.49. The number of hydrogen-bond donors (Lipinski definition) is 2. The molecule has 6 heteroatoms. The van der Waals surface area contributed by atoms with Gasteiger partial charge in [0.25, 0.3) is 5.91 Å². The number of pyridine rings is 1. The van der Waals surface area contributed by atoms with Crippen molar-refractivity contribution in [3.63, 3.8) is 0 Å². The number of aromatic nitrogens is 1. The van der Waals surface area contributed by atoms with Crippen LogP contribution < -0.4 is 10.1 Å². The molecular formula is C22H23N3O3. The average molecular weight is 377 g/mol. The van der Waals surface area contributed by atoms with Gasteiger partial charge in [0.05, 0.1) is 7.11 Å². The van der Waals surface area contributed by atoms with E-state index in [4.69, 9.17) is 4.74 Å². The number of carbonyl (C=O) groups excluding carboxylic acids is 1. The van der Waals surface area contributed by atoms with E-state index >= 15 is 0 Å². The van der Waals surface area contributed by atoms with Crippen molar-refractivity contribution in [3.05, 3.63) is 83.6 Å². The largest absolute Gasteiger partial charge is 0.504 e. The lowest BCUT2D eigenvalue weighted by Gasteiger charge is -2.18. The Morgan fingerprint density at radius 3 is 2.54 bits per heavy atom. The number of rotatable bonds is 7. The summed E-state index contributed by atoms with van der Waals surface area (Å²) in [5, 5.41) is 12.3. The fourth-order valence-corrected chi connectivity index (χ4v) is 2.93. The van der Waals surface area contributed by atoms with Gasteiger partial charge in [-0.25, -0.2) is 4.98 Å². The molecule has 6 nitrogen and oxygen atoms in total. The summed E-state index contributed by atoms with van der Waals surface area (Å²) in [5.74, 6) is 0.639. The lowest BCUT2D eigenvalue weighted by molar-refractivity contribution is 0.102. The van der Waals surface area contributed by atoms with E-state index in [-0.39, 0.29) is 17.5 Å². The van der Waals surface area contributed by atoms with Crippen LogP contribution in [0.5, 0.6) is 11.5 Å². The number of carbonyl (C=O) groups is 1. The third-order valence-corrected chi connectivity index (χ3v) is 4.32. The van der Waals surface area contributed by atoms with Crippen molar-refractivity contribution in [1.29, 1.82) is 0 Å². The molecule has 0 saturated heterocycles. The lowest BCUT2D eigenvalue weighted by Crippen LogP contribution is -2.18. The van der Waals surface area contributed by atoms with E-state index in [1.807, 2.05) is 37.4 Å². The summed E-state index contributed by atoms with van der Waals surface area (Å²) in [5.41, 5.74) is 2.72. The molecule has 2 aromatic carbocycles. The summed E-state index contributed by atoms with van der Waals surface area (Å²) in [6.07, 6.45) is 1.51. The number of hydrogen-bond acceptors (Lipinski definition) is 5. The van der Waals surface area contributed by atoms with E-state index in [0.717, 1.165) is 30.0 Å². The molecule has 1 heterocycles. The SMILES string of the molecule is COc1ccccc1CN(C)Cc1ccc(C(=O)Nc2ncccc2O)cc1. The van der Waals surface area contributed by atoms with E-state index in [1.54, 1.807) is 25.3 Å². The van der Waals surface area contributed by atoms with Crippen LogP contribution in [0.4, 0.5) is 5.82 Å². The maximum atomic E-state index is 12.3. The minimum Gasteiger partial charge on any atom is -0.504 e. The van der Waals surface area contributed by atoms with Gasteiger partial charge in [-0.2, -0.15) is 0 Å². The fraction of sp³-hybridized carbons (Fsp3) is 0.182. The van der Waals surface area contributed by atoms with Gasteiger partial charge in [-0.3, -0.25) is 9.69 Å². The molecule has 0 spiro atoms. The molecule has 0 aliphatic carbocycles. The molecule has 2 N–H and O–H groups in total. The van der Waals surface area contributed by atoms with Crippen molar-refractivity contribution in [2.75, 3.05) is 19.5 Å². The maximum absolute atomic E-state index is 12.3. The highest BCUT2D eigenvalue weighted by Crippen LogP contribution is 2.21. The van der Waals surface area contributed by atoms with Crippen LogP contribution in [0.1, 0.15) is 21.5 Å². The fourth-order valence-electron chi connectivity index (χ4n) is 2.93. The summed E-state index contributed by atoms with van der Waals surface area (Å²) < 4.78 is 5.40. The quantitative estimate of drug-likeness (QED) is 0.657. The molecule has 0 unspecified atom stereocenters. The van der Waals surface area contributed by atoms with Crippen LogP contribution in [0.15, 0.2) is 66.9 Å². The molecule has 3 aromatic rings. The Balaban J connectivity index is 1.61. The summed E-state index contributed by atoms with van der Waals surface area (Å²) in [7, 11) is 3.71. The summed E-state index contributed by atoms with van der Waals surface area (Å²) in [6, 6.07) is 18.4. The Morgan fingerprint density at radius 2 is 1.82 bits per heavy atom. The molecule has 3 rings (SSSR count). The van der Waals surface area contributed by atoms with Crippen molar-refractivity contribution < 1.29 is 14.6 Å². The van der Waals surface area contributed by atoms with Gasteiger partial charge in [-0.05, 0) is 42.9 Å². The number of methoxy groups -OCH3 is 1. The molecule has 0 bridgehead atoms. The molecule has 1 aromatic heterocycles. The normalized spacial score (nSPS) is 10.7. The molecule has 0 fully saturated rings. The zero-order chi connectivity index (χ0) is 19.9. The van der Waals surface area contributed by atoms with Crippen molar-refractivity contribution in [3.8, 4) is 11.5 Å². The molecule has 144 valence electrons. The van der Waals surface area contributed by atoms with E-state index in [1.165, 1.54) is 12.3 Å². The molecule has 28 heavy (non-hydrogen) atoms. The van der Waals surface area contributed by atoms with Crippen LogP contribution in [0.2, 0.25) is 0 Å². The van der Waals surface area contributed by atoms with Crippen LogP contribution in [-0.4, -0.2) is 35.1 Å². The van der Waals surface area contributed by atoms with Crippen molar-refractivity contribution >= 4 is 11.7 Å². The van der Waals surface area contributed by atoms with Crippen LogP contribution >= 0.6 is 0 Å². The number of nitrogens with zero attached hydrogens (tertiary/aromatic N) is 2. The monoisotopic (exact) mass is 377 g/mol. The van der Waals surface area contributed by atoms with Gasteiger partial charge < -0.3 is 15.2 Å². The van der Waals surface area contributed by atoms with Gasteiger partial charge in [0.1, 0.15) is 5.75 Å². The molecule has 0 atom stereocenters. The number of ether oxygens (including phenoxy) is 1. The van der Waals surface area contributed by atoms with Crippen molar-refractivity contribution in [1.82, 2.24) is 9.88 Å². The highest BCUT2D eigenvalue weighted by atomic mass is 16.5. The Kier molecular flexibility index (Phi) is 6.24. The number of aromatic hydroxyl groups is 1. The molecule has 0 aliphatic heterocycles. The van der Waals surface area contributed by atoms with Gasteiger partial charge in [0, 0.05) is 30.4 Å². The Morgan fingerprint density at radius 1 is 1.07 bits per heavy atom. The van der Waals surface area contributed by atoms with Gasteiger partial charge in [-0.1, -0.05) is 30.3 Å². The van der Waals surface area contributed by atoms with Crippen molar-refractivity contribution in [2.24, 2.45) is 0 Å². The van der Waals surface area contributed by atoms with E-state index in [9.17, 15) is 9.90 Å². The van der Waals surface area contributed by atoms with Gasteiger partial charge in [0.2, 0.25) is 0 Å². The second-order valence-corrected chi connectivity index (χ2v) is 6.51. The standard InChI is InChI=1S/C22H23N3O3/c1-25(15-18-6-3-4-8-20(18)28-2)14-16-9-11-17(12-10-16)22(27)24-21-19(26)7-5-13-23-21/h3-13,26H,14-15H2,1-2H3,(H,23,24,27). The smallest absolute Gasteiger partial charge is 0.256 e. The Hall–Kier alpha value is -3.38. The maximum Gasteiger partial charge on any atom is 0.256 e. The topological polar surface area (TPSA) is 74.7 Å². The molecule has 1 amide bonds. The van der Waals surface area contributed by atoms with E-state index in [0.29, 0.717) is 5.56 Å². The molecule has 0 saturated carbocycles. The lowest BCUT2D eigenvalue weighted by atomic mass is 10.1. The number of amides is 1. The first-order chi connectivity index (χ1) is 13.6. The Bertz CT molecular complexity index is 942. The van der Waals surface area contributed by atoms with Crippen LogP contribution in [0.25, 0.3) is 0 Å². The second-order valence-electron chi connectivity index (χ2n) is 6.51. The minimum atomic E-state index is -0.317. The first-order valence-corrected chi connectivity index (χ1v) is 8.91. The summed E-state index contributed by atoms with van der Waals surface area (Å²) >= 11 is 0. The Labute approximate surface area is 164 Å². The average Bonchev–Trinajstić information content (AvgIpc) is 2.70. The minimum absolute atomic E-state index is 0.0644. The van der Waals surface area contributed by atoms with Crippen LogP contribution in [-0.2, 0) is 13.1 Å². The third kappa shape index (κ3) is 4.86. The highest BCUT2D eigenvalue weighted by Gasteiger charge is 2.11. The highest BCUT2D eigenvalue weighted by molar-refractivity contribution is 6.04. The van der Waals surface area contributed by atoms with Gasteiger partial charge >= 0.3 is 0 Å². The predicted octanol–water partition coefficient (Wildman–Crippen LogP) is 3.68. The third-order valence-electron chi connectivity index (χ3n) is 4.32. The molecule has 0 aliphatic rings. The zero-order valence-corrected chi connectivity index (χ0v) is 15.9. The number of nitrogens with one attached hydrogen (secondary N) is 1. The van der Waals surface area contributed by atoms with Gasteiger partial charge in [0.15, 0.2) is 11.6 Å². The molecular weight excluding hydrogens is 354 g/mol. The number of para-hydroxylation sites is 1. The van der Waals surface area contributed by atoms with Crippen LogP contribution in [0, 0.1) is 0 Å². The summed E-state index contributed by atoms with van der Waals surface area (Å²) in [4.78, 5) is 18.5. The molecule has 0 radical (unpaired) electrons. The van der Waals surface area contributed by atoms with E-state index < -0.39 is 0 Å². The zero-order valence-electron chi connectivity index (χ0n) is 15.9. The second kappa shape index (κ2) is 9.01. The van der Waals surface area contributed by atoms with Crippen molar-refractivity contribution in [2.45, 2.75) is 13.1 Å². The van der Waals surface area contributed by atoms with E-state index in [2.05, 4.69) is 21.3 Å². The van der Waals surface area contributed by atoms with Crippen LogP contribution in [0.3, 0.4) is 0 Å². The predicted molar refractivity (Wildman–Crippen MR) is 108 cm³/mol. The number of benzene rings is 2. The first-order valence-electron chi connectivity index (χ1n) is 8.91. The first kappa shape index (κ1) is 19.4. The number of anilines is 1.